The van der Waals surface area contributed by atoms with Gasteiger partial charge in [0.2, 0.25) is 0 Å². The average Bonchev–Trinajstić information content (AvgIpc) is 2.86. The van der Waals surface area contributed by atoms with Crippen molar-refractivity contribution in [2.75, 3.05) is 19.5 Å². The van der Waals surface area contributed by atoms with Crippen LogP contribution in [0.25, 0.3) is 0 Å². The predicted molar refractivity (Wildman–Crippen MR) is 75.6 cm³/mol. The van der Waals surface area contributed by atoms with Gasteiger partial charge in [0, 0.05) is 18.9 Å². The number of aromatic nitrogens is 2. The topological polar surface area (TPSA) is 61.0 Å². The summed E-state index contributed by atoms with van der Waals surface area (Å²) in [6.45, 7) is 2.68. The van der Waals surface area contributed by atoms with Crippen LogP contribution in [0, 0.1) is 0 Å². The molecule has 1 fully saturated rings. The van der Waals surface area contributed by atoms with Crippen molar-refractivity contribution in [1.82, 2.24) is 9.97 Å². The Balaban J connectivity index is 2.32. The summed E-state index contributed by atoms with van der Waals surface area (Å²) in [6.07, 6.45) is 4.97. The van der Waals surface area contributed by atoms with Gasteiger partial charge in [0.25, 0.3) is 0 Å². The van der Waals surface area contributed by atoms with Crippen LogP contribution < -0.4 is 5.73 Å². The average molecular weight is 314 g/mol. The van der Waals surface area contributed by atoms with Crippen LogP contribution in [0.3, 0.4) is 0 Å². The van der Waals surface area contributed by atoms with E-state index in [0.717, 1.165) is 16.0 Å². The summed E-state index contributed by atoms with van der Waals surface area (Å²) in [7, 11) is 1.69. The summed E-state index contributed by atoms with van der Waals surface area (Å²) >= 11 is 3.53. The van der Waals surface area contributed by atoms with Crippen molar-refractivity contribution in [1.29, 1.82) is 0 Å². The van der Waals surface area contributed by atoms with Gasteiger partial charge in [-0.15, -0.1) is 0 Å². The molecule has 1 aromatic rings. The zero-order valence-corrected chi connectivity index (χ0v) is 12.5. The monoisotopic (exact) mass is 313 g/mol. The number of hydrogen-bond acceptors (Lipinski definition) is 4. The van der Waals surface area contributed by atoms with E-state index < -0.39 is 0 Å². The third kappa shape index (κ3) is 2.83. The Hall–Kier alpha value is -0.680. The number of methoxy groups -OCH3 is 1. The summed E-state index contributed by atoms with van der Waals surface area (Å²) in [5.74, 6) is 2.04. The number of nitrogens with two attached hydrogens (primary N) is 1. The molecular formula is C13H20BrN3O. The number of halogens is 1. The van der Waals surface area contributed by atoms with Crippen molar-refractivity contribution < 1.29 is 4.74 Å². The molecule has 1 heterocycles. The summed E-state index contributed by atoms with van der Waals surface area (Å²) in [5, 5.41) is 0. The minimum atomic E-state index is 0.172. The van der Waals surface area contributed by atoms with Crippen LogP contribution in [0.5, 0.6) is 0 Å². The van der Waals surface area contributed by atoms with Gasteiger partial charge in [0.1, 0.15) is 11.6 Å². The van der Waals surface area contributed by atoms with E-state index in [0.29, 0.717) is 18.3 Å². The molecule has 0 aromatic carbocycles. The van der Waals surface area contributed by atoms with E-state index in [1.807, 2.05) is 0 Å². The first kappa shape index (κ1) is 13.7. The number of nitrogens with zero attached hydrogens (tertiary/aromatic N) is 2. The Morgan fingerprint density at radius 3 is 2.67 bits per heavy atom. The second-order valence-electron chi connectivity index (χ2n) is 5.00. The Kier molecular flexibility index (Phi) is 4.56. The first-order valence-corrected chi connectivity index (χ1v) is 7.24. The first-order chi connectivity index (χ1) is 8.63. The lowest BCUT2D eigenvalue weighted by Crippen LogP contribution is -2.12. The third-order valence-corrected chi connectivity index (χ3v) is 4.33. The molecule has 1 aromatic heterocycles. The summed E-state index contributed by atoms with van der Waals surface area (Å²) in [6, 6.07) is 0. The van der Waals surface area contributed by atoms with Gasteiger partial charge in [-0.2, -0.15) is 0 Å². The molecule has 0 aliphatic heterocycles. The Labute approximate surface area is 116 Å². The predicted octanol–water partition coefficient (Wildman–Crippen LogP) is 3.23. The minimum absolute atomic E-state index is 0.172. The molecular weight excluding hydrogens is 294 g/mol. The largest absolute Gasteiger partial charge is 0.384 e. The highest BCUT2D eigenvalue weighted by Crippen LogP contribution is 2.38. The second kappa shape index (κ2) is 5.97. The van der Waals surface area contributed by atoms with Crippen LogP contribution >= 0.6 is 15.9 Å². The minimum Gasteiger partial charge on any atom is -0.384 e. The van der Waals surface area contributed by atoms with Crippen molar-refractivity contribution in [3.8, 4) is 0 Å². The fraction of sp³-hybridized carbons (Fsp3) is 0.692. The van der Waals surface area contributed by atoms with E-state index in [4.69, 9.17) is 15.5 Å². The van der Waals surface area contributed by atoms with Crippen molar-refractivity contribution in [3.63, 3.8) is 0 Å². The molecule has 0 amide bonds. The van der Waals surface area contributed by atoms with Gasteiger partial charge in [0.15, 0.2) is 0 Å². The van der Waals surface area contributed by atoms with E-state index in [1.54, 1.807) is 7.11 Å². The zero-order valence-electron chi connectivity index (χ0n) is 10.9. The Morgan fingerprint density at radius 2 is 2.06 bits per heavy atom. The highest BCUT2D eigenvalue weighted by Gasteiger charge is 2.24. The van der Waals surface area contributed by atoms with Crippen molar-refractivity contribution in [3.05, 3.63) is 16.0 Å². The summed E-state index contributed by atoms with van der Waals surface area (Å²) in [4.78, 5) is 9.08. The molecule has 100 valence electrons. The fourth-order valence-electron chi connectivity index (χ4n) is 2.52. The van der Waals surface area contributed by atoms with E-state index >= 15 is 0 Å². The summed E-state index contributed by atoms with van der Waals surface area (Å²) in [5.41, 5.74) is 7.07. The number of nitrogen functional groups attached to an aromatic ring is 1. The smallest absolute Gasteiger partial charge is 0.141 e. The van der Waals surface area contributed by atoms with Crippen molar-refractivity contribution in [2.24, 2.45) is 0 Å². The number of anilines is 1. The van der Waals surface area contributed by atoms with Gasteiger partial charge in [-0.25, -0.2) is 9.97 Å². The maximum Gasteiger partial charge on any atom is 0.141 e. The number of ether oxygens (including phenoxy) is 1. The van der Waals surface area contributed by atoms with Crippen LogP contribution in [0.4, 0.5) is 5.82 Å². The zero-order chi connectivity index (χ0) is 13.1. The SMILES string of the molecule is COCC(C)c1nc(N)c(Br)c(C2CCCC2)n1. The highest BCUT2D eigenvalue weighted by atomic mass is 79.9. The Morgan fingerprint density at radius 1 is 1.39 bits per heavy atom. The lowest BCUT2D eigenvalue weighted by molar-refractivity contribution is 0.181. The van der Waals surface area contributed by atoms with Crippen LogP contribution in [-0.2, 0) is 4.74 Å². The van der Waals surface area contributed by atoms with Gasteiger partial charge >= 0.3 is 0 Å². The third-order valence-electron chi connectivity index (χ3n) is 3.52. The molecule has 1 aliphatic carbocycles. The van der Waals surface area contributed by atoms with E-state index in [1.165, 1.54) is 25.7 Å². The quantitative estimate of drug-likeness (QED) is 0.927. The van der Waals surface area contributed by atoms with Crippen LogP contribution in [-0.4, -0.2) is 23.7 Å². The highest BCUT2D eigenvalue weighted by molar-refractivity contribution is 9.10. The fourth-order valence-corrected chi connectivity index (χ4v) is 3.02. The first-order valence-electron chi connectivity index (χ1n) is 6.45. The summed E-state index contributed by atoms with van der Waals surface area (Å²) < 4.78 is 6.04. The molecule has 1 aliphatic rings. The molecule has 1 unspecified atom stereocenters. The molecule has 0 radical (unpaired) electrons. The standard InChI is InChI=1S/C13H20BrN3O/c1-8(7-18-2)13-16-11(9-5-3-4-6-9)10(14)12(15)17-13/h8-9H,3-7H2,1-2H3,(H2,15,16,17). The number of hydrogen-bond donors (Lipinski definition) is 1. The normalized spacial score (nSPS) is 18.2. The molecule has 1 saturated carbocycles. The lowest BCUT2D eigenvalue weighted by atomic mass is 10.0. The molecule has 0 spiro atoms. The van der Waals surface area contributed by atoms with Gasteiger partial charge in [-0.3, -0.25) is 0 Å². The van der Waals surface area contributed by atoms with Gasteiger partial charge < -0.3 is 10.5 Å². The van der Waals surface area contributed by atoms with Gasteiger partial charge in [0.05, 0.1) is 16.8 Å². The van der Waals surface area contributed by atoms with E-state index in [-0.39, 0.29) is 5.92 Å². The molecule has 5 heteroatoms. The van der Waals surface area contributed by atoms with Crippen LogP contribution in [0.15, 0.2) is 4.47 Å². The molecule has 1 atom stereocenters. The molecule has 2 rings (SSSR count). The van der Waals surface area contributed by atoms with Crippen molar-refractivity contribution in [2.45, 2.75) is 44.4 Å². The Bertz CT molecular complexity index is 419. The van der Waals surface area contributed by atoms with Crippen LogP contribution in [0.1, 0.15) is 56.0 Å². The molecule has 2 N–H and O–H groups in total. The number of rotatable bonds is 4. The lowest BCUT2D eigenvalue weighted by Gasteiger charge is -2.16. The van der Waals surface area contributed by atoms with E-state index in [9.17, 15) is 0 Å². The maximum atomic E-state index is 5.98. The molecule has 0 saturated heterocycles. The maximum absolute atomic E-state index is 5.98. The van der Waals surface area contributed by atoms with Crippen molar-refractivity contribution >= 4 is 21.7 Å². The van der Waals surface area contributed by atoms with Gasteiger partial charge in [-0.1, -0.05) is 19.8 Å². The molecule has 18 heavy (non-hydrogen) atoms. The molecule has 4 nitrogen and oxygen atoms in total. The second-order valence-corrected chi connectivity index (χ2v) is 5.80. The van der Waals surface area contributed by atoms with Gasteiger partial charge in [-0.05, 0) is 28.8 Å². The molecule has 0 bridgehead atoms. The van der Waals surface area contributed by atoms with Crippen LogP contribution in [0.2, 0.25) is 0 Å². The van der Waals surface area contributed by atoms with E-state index in [2.05, 4.69) is 27.8 Å².